The Bertz CT molecular complexity index is 387. The molecule has 0 fully saturated rings. The molecule has 0 N–H and O–H groups in total. The van der Waals surface area contributed by atoms with E-state index in [-0.39, 0.29) is 0 Å². The van der Waals surface area contributed by atoms with Crippen molar-refractivity contribution in [1.29, 1.82) is 0 Å². The zero-order valence-corrected chi connectivity index (χ0v) is 9.63. The van der Waals surface area contributed by atoms with E-state index in [1.165, 1.54) is 30.2 Å². The molecular weight excluding hydrogens is 223 g/mol. The molecule has 1 heterocycles. The van der Waals surface area contributed by atoms with Crippen LogP contribution in [0.5, 0.6) is 0 Å². The van der Waals surface area contributed by atoms with Gasteiger partial charge in [0.1, 0.15) is 0 Å². The van der Waals surface area contributed by atoms with Gasteiger partial charge in [0.15, 0.2) is 0 Å². The summed E-state index contributed by atoms with van der Waals surface area (Å²) in [5, 5.41) is 1.47. The summed E-state index contributed by atoms with van der Waals surface area (Å²) in [6.45, 7) is 2.25. The van der Waals surface area contributed by atoms with E-state index in [0.29, 0.717) is 14.5 Å². The molecule has 0 nitrogen and oxygen atoms in total. The fraction of sp³-hybridized carbons (Fsp3) is 0.333. The summed E-state index contributed by atoms with van der Waals surface area (Å²) >= 11 is 0.610. The van der Waals surface area contributed by atoms with Gasteiger partial charge in [0, 0.05) is 0 Å². The number of aryl methyl sites for hydroxylation is 1. The second kappa shape index (κ2) is 4.13. The molecule has 0 saturated heterocycles. The van der Waals surface area contributed by atoms with Crippen LogP contribution in [0.4, 0.5) is 0 Å². The molecule has 0 saturated carbocycles. The maximum absolute atomic E-state index is 2.36. The Morgan fingerprint density at radius 3 is 3.00 bits per heavy atom. The van der Waals surface area contributed by atoms with E-state index < -0.39 is 0 Å². The summed E-state index contributed by atoms with van der Waals surface area (Å²) in [6.07, 6.45) is 3.84. The zero-order valence-electron chi connectivity index (χ0n) is 7.92. The molecule has 0 spiro atoms. The van der Waals surface area contributed by atoms with Crippen LogP contribution in [0.2, 0.25) is 0 Å². The van der Waals surface area contributed by atoms with Gasteiger partial charge in [-0.3, -0.25) is 0 Å². The average Bonchev–Trinajstić information content (AvgIpc) is 2.61. The number of unbranched alkanes of at least 4 members (excludes halogenated alkanes) is 1. The van der Waals surface area contributed by atoms with Crippen molar-refractivity contribution in [2.24, 2.45) is 0 Å². The Morgan fingerprint density at radius 2 is 2.15 bits per heavy atom. The maximum atomic E-state index is 2.36. The first kappa shape index (κ1) is 9.05. The van der Waals surface area contributed by atoms with Crippen LogP contribution in [-0.2, 0) is 6.42 Å². The van der Waals surface area contributed by atoms with E-state index in [0.717, 1.165) is 0 Å². The number of fused-ring (bicyclic) bond motifs is 1. The fourth-order valence-corrected chi connectivity index (χ4v) is 3.17. The van der Waals surface area contributed by atoms with Gasteiger partial charge < -0.3 is 0 Å². The summed E-state index contributed by atoms with van der Waals surface area (Å²) in [7, 11) is 0. The first-order valence-corrected chi connectivity index (χ1v) is 6.71. The second-order valence-electron chi connectivity index (χ2n) is 3.40. The third-order valence-electron chi connectivity index (χ3n) is 2.34. The SMILES string of the molecule is CCCCc1ccc2[se]ccc2c1. The molecule has 68 valence electrons. The van der Waals surface area contributed by atoms with E-state index in [9.17, 15) is 0 Å². The Hall–Kier alpha value is -0.521. The first-order chi connectivity index (χ1) is 6.40. The molecule has 0 aliphatic carbocycles. The van der Waals surface area contributed by atoms with Crippen molar-refractivity contribution in [1.82, 2.24) is 0 Å². The second-order valence-corrected chi connectivity index (χ2v) is 5.38. The molecular formula is C12H14Se. The number of hydrogen-bond donors (Lipinski definition) is 0. The van der Waals surface area contributed by atoms with Crippen LogP contribution in [0.1, 0.15) is 25.3 Å². The van der Waals surface area contributed by atoms with Gasteiger partial charge in [0.05, 0.1) is 0 Å². The van der Waals surface area contributed by atoms with E-state index in [4.69, 9.17) is 0 Å². The van der Waals surface area contributed by atoms with Crippen LogP contribution in [0.3, 0.4) is 0 Å². The molecule has 0 bridgehead atoms. The first-order valence-electron chi connectivity index (χ1n) is 4.86. The molecule has 1 aromatic heterocycles. The molecule has 2 rings (SSSR count). The van der Waals surface area contributed by atoms with Gasteiger partial charge in [0.2, 0.25) is 0 Å². The summed E-state index contributed by atoms with van der Waals surface area (Å²) in [4.78, 5) is 2.31. The molecule has 2 aromatic rings. The minimum absolute atomic E-state index is 0.610. The van der Waals surface area contributed by atoms with Crippen molar-refractivity contribution >= 4 is 24.1 Å². The van der Waals surface area contributed by atoms with Crippen molar-refractivity contribution < 1.29 is 0 Å². The standard InChI is InChI=1S/C12H14Se/c1-2-3-4-10-5-6-12-11(9-10)7-8-13-12/h5-9H,2-4H2,1H3. The number of benzene rings is 1. The van der Waals surface area contributed by atoms with Gasteiger partial charge >= 0.3 is 85.1 Å². The fourth-order valence-electron chi connectivity index (χ4n) is 1.55. The molecule has 1 heteroatoms. The Kier molecular flexibility index (Phi) is 2.87. The van der Waals surface area contributed by atoms with Gasteiger partial charge in [-0.2, -0.15) is 0 Å². The predicted molar refractivity (Wildman–Crippen MR) is 59.5 cm³/mol. The van der Waals surface area contributed by atoms with Gasteiger partial charge in [-0.25, -0.2) is 0 Å². The van der Waals surface area contributed by atoms with Gasteiger partial charge in [0.25, 0.3) is 0 Å². The topological polar surface area (TPSA) is 0 Å². The van der Waals surface area contributed by atoms with Crippen LogP contribution in [0, 0.1) is 0 Å². The Morgan fingerprint density at radius 1 is 1.23 bits per heavy atom. The van der Waals surface area contributed by atoms with E-state index >= 15 is 0 Å². The summed E-state index contributed by atoms with van der Waals surface area (Å²) in [5.74, 6) is 0. The van der Waals surface area contributed by atoms with Crippen LogP contribution < -0.4 is 0 Å². The minimum atomic E-state index is 0.610. The summed E-state index contributed by atoms with van der Waals surface area (Å²) < 4.78 is 1.55. The van der Waals surface area contributed by atoms with Crippen LogP contribution >= 0.6 is 0 Å². The van der Waals surface area contributed by atoms with Crippen LogP contribution in [-0.4, -0.2) is 14.5 Å². The van der Waals surface area contributed by atoms with Crippen molar-refractivity contribution in [3.05, 3.63) is 34.8 Å². The van der Waals surface area contributed by atoms with Crippen molar-refractivity contribution in [3.63, 3.8) is 0 Å². The number of rotatable bonds is 3. The molecule has 13 heavy (non-hydrogen) atoms. The van der Waals surface area contributed by atoms with E-state index in [2.05, 4.69) is 36.1 Å². The number of hydrogen-bond acceptors (Lipinski definition) is 0. The van der Waals surface area contributed by atoms with E-state index in [1.54, 1.807) is 4.26 Å². The van der Waals surface area contributed by atoms with E-state index in [1.807, 2.05) is 0 Å². The van der Waals surface area contributed by atoms with Crippen LogP contribution in [0.15, 0.2) is 29.2 Å². The molecule has 0 radical (unpaired) electrons. The molecule has 0 aliphatic rings. The normalized spacial score (nSPS) is 10.8. The summed E-state index contributed by atoms with van der Waals surface area (Å²) in [5.41, 5.74) is 1.50. The Labute approximate surface area is 85.3 Å². The third kappa shape index (κ3) is 2.04. The van der Waals surface area contributed by atoms with Crippen molar-refractivity contribution in [3.8, 4) is 0 Å². The van der Waals surface area contributed by atoms with Gasteiger partial charge in [-0.15, -0.1) is 0 Å². The molecule has 0 unspecified atom stereocenters. The summed E-state index contributed by atoms with van der Waals surface area (Å²) in [6, 6.07) is 9.23. The predicted octanol–water partition coefficient (Wildman–Crippen LogP) is 3.24. The molecule has 1 aromatic carbocycles. The molecule has 0 aliphatic heterocycles. The van der Waals surface area contributed by atoms with Crippen molar-refractivity contribution in [2.45, 2.75) is 26.2 Å². The van der Waals surface area contributed by atoms with Gasteiger partial charge in [-0.1, -0.05) is 0 Å². The average molecular weight is 237 g/mol. The Balaban J connectivity index is 2.26. The van der Waals surface area contributed by atoms with Crippen LogP contribution in [0.25, 0.3) is 9.65 Å². The van der Waals surface area contributed by atoms with Crippen molar-refractivity contribution in [2.75, 3.05) is 0 Å². The molecule has 0 atom stereocenters. The zero-order chi connectivity index (χ0) is 9.10. The molecule has 0 amide bonds. The third-order valence-corrected chi connectivity index (χ3v) is 4.22. The van der Waals surface area contributed by atoms with Gasteiger partial charge in [-0.05, 0) is 0 Å². The quantitative estimate of drug-likeness (QED) is 0.719. The monoisotopic (exact) mass is 238 g/mol.